The number of hydrogen-bond acceptors (Lipinski definition) is 3. The first-order valence-electron chi connectivity index (χ1n) is 7.20. The minimum absolute atomic E-state index is 0.0978. The highest BCUT2D eigenvalue weighted by atomic mass is 79.9. The highest BCUT2D eigenvalue weighted by molar-refractivity contribution is 9.10. The minimum atomic E-state index is -0.0978. The van der Waals surface area contributed by atoms with E-state index < -0.39 is 0 Å². The summed E-state index contributed by atoms with van der Waals surface area (Å²) in [5.74, 6) is 1.88. The van der Waals surface area contributed by atoms with E-state index in [2.05, 4.69) is 26.2 Å². The molecule has 3 N–H and O–H groups in total. The van der Waals surface area contributed by atoms with Crippen molar-refractivity contribution in [3.8, 4) is 11.5 Å². The Balaban J connectivity index is 1.89. The third kappa shape index (κ3) is 5.49. The van der Waals surface area contributed by atoms with Crippen molar-refractivity contribution in [1.82, 2.24) is 0 Å². The molecule has 0 saturated carbocycles. The number of halogens is 1. The summed E-state index contributed by atoms with van der Waals surface area (Å²) in [7, 11) is 1.62. The van der Waals surface area contributed by atoms with Crippen LogP contribution in [0.3, 0.4) is 0 Å². The Morgan fingerprint density at radius 2 is 2.04 bits per heavy atom. The van der Waals surface area contributed by atoms with Crippen molar-refractivity contribution >= 4 is 27.6 Å². The van der Waals surface area contributed by atoms with Gasteiger partial charge >= 0.3 is 0 Å². The second-order valence-electron chi connectivity index (χ2n) is 4.94. The van der Waals surface area contributed by atoms with Crippen molar-refractivity contribution < 1.29 is 9.47 Å². The van der Waals surface area contributed by atoms with Crippen LogP contribution >= 0.6 is 15.9 Å². The predicted molar refractivity (Wildman–Crippen MR) is 97.3 cm³/mol. The van der Waals surface area contributed by atoms with E-state index in [0.29, 0.717) is 12.5 Å². The molecule has 1 unspecified atom stereocenters. The van der Waals surface area contributed by atoms with Crippen LogP contribution in [0, 0.1) is 0 Å². The fourth-order valence-electron chi connectivity index (χ4n) is 1.91. The lowest BCUT2D eigenvalue weighted by molar-refractivity contribution is 0.229. The molecule has 0 bridgehead atoms. The molecule has 1 atom stereocenters. The number of rotatable bonds is 6. The van der Waals surface area contributed by atoms with Gasteiger partial charge in [-0.05, 0) is 47.1 Å². The molecular weight excluding hydrogens is 358 g/mol. The molecule has 5 nitrogen and oxygen atoms in total. The van der Waals surface area contributed by atoms with Crippen LogP contribution in [-0.4, -0.2) is 25.7 Å². The van der Waals surface area contributed by atoms with Crippen LogP contribution in [0.15, 0.2) is 58.0 Å². The van der Waals surface area contributed by atoms with E-state index in [9.17, 15) is 0 Å². The molecule has 0 heterocycles. The van der Waals surface area contributed by atoms with E-state index in [4.69, 9.17) is 15.2 Å². The van der Waals surface area contributed by atoms with Gasteiger partial charge in [0.15, 0.2) is 5.96 Å². The standard InChI is InChI=1S/C17H20BrN3O2/c1-12(23-16-9-4-3-8-15(16)18)11-20-17(19)21-13-6-5-7-14(10-13)22-2/h3-10,12H,11H2,1-2H3,(H3,19,20,21). The summed E-state index contributed by atoms with van der Waals surface area (Å²) in [6, 6.07) is 15.2. The Bertz CT molecular complexity index is 676. The number of guanidine groups is 1. The molecular formula is C17H20BrN3O2. The highest BCUT2D eigenvalue weighted by Gasteiger charge is 2.06. The molecule has 6 heteroatoms. The molecule has 0 radical (unpaired) electrons. The van der Waals surface area contributed by atoms with Gasteiger partial charge in [0.1, 0.15) is 17.6 Å². The number of para-hydroxylation sites is 1. The van der Waals surface area contributed by atoms with Gasteiger partial charge in [-0.2, -0.15) is 0 Å². The zero-order valence-electron chi connectivity index (χ0n) is 13.1. The molecule has 2 aromatic carbocycles. The van der Waals surface area contributed by atoms with Crippen LogP contribution in [0.2, 0.25) is 0 Å². The number of ether oxygens (including phenoxy) is 2. The van der Waals surface area contributed by atoms with Crippen LogP contribution in [0.25, 0.3) is 0 Å². The Kier molecular flexibility index (Phi) is 6.29. The number of nitrogens with one attached hydrogen (secondary N) is 1. The summed E-state index contributed by atoms with van der Waals surface area (Å²) < 4.78 is 11.9. The molecule has 0 aliphatic heterocycles. The number of benzene rings is 2. The summed E-state index contributed by atoms with van der Waals surface area (Å²) in [5, 5.41) is 3.03. The third-order valence-electron chi connectivity index (χ3n) is 3.03. The smallest absolute Gasteiger partial charge is 0.193 e. The molecule has 2 aromatic rings. The quantitative estimate of drug-likeness (QED) is 0.595. The number of methoxy groups -OCH3 is 1. The van der Waals surface area contributed by atoms with Crippen molar-refractivity contribution in [2.24, 2.45) is 10.7 Å². The number of anilines is 1. The maximum absolute atomic E-state index is 5.90. The first kappa shape index (κ1) is 17.1. The number of nitrogens with zero attached hydrogens (tertiary/aromatic N) is 1. The third-order valence-corrected chi connectivity index (χ3v) is 3.68. The lowest BCUT2D eigenvalue weighted by Crippen LogP contribution is -2.25. The van der Waals surface area contributed by atoms with E-state index >= 15 is 0 Å². The molecule has 0 aliphatic rings. The fourth-order valence-corrected chi connectivity index (χ4v) is 2.29. The van der Waals surface area contributed by atoms with E-state index in [1.807, 2.05) is 55.5 Å². The van der Waals surface area contributed by atoms with Gasteiger partial charge < -0.3 is 20.5 Å². The fraction of sp³-hybridized carbons (Fsp3) is 0.235. The zero-order chi connectivity index (χ0) is 16.7. The summed E-state index contributed by atoms with van der Waals surface area (Å²) in [6.45, 7) is 2.39. The average molecular weight is 378 g/mol. The van der Waals surface area contributed by atoms with Crippen molar-refractivity contribution in [2.75, 3.05) is 19.0 Å². The molecule has 0 aliphatic carbocycles. The average Bonchev–Trinajstić information content (AvgIpc) is 2.55. The van der Waals surface area contributed by atoms with Gasteiger partial charge in [-0.25, -0.2) is 4.99 Å². The maximum atomic E-state index is 5.90. The SMILES string of the molecule is COc1cccc(NC(N)=NCC(C)Oc2ccccc2Br)c1. The Hall–Kier alpha value is -2.21. The molecule has 0 fully saturated rings. The summed E-state index contributed by atoms with van der Waals surface area (Å²) in [4.78, 5) is 4.30. The van der Waals surface area contributed by atoms with Gasteiger partial charge in [0.2, 0.25) is 0 Å². The minimum Gasteiger partial charge on any atom is -0.497 e. The van der Waals surface area contributed by atoms with Crippen molar-refractivity contribution in [2.45, 2.75) is 13.0 Å². The van der Waals surface area contributed by atoms with Crippen molar-refractivity contribution in [3.63, 3.8) is 0 Å². The number of hydrogen-bond donors (Lipinski definition) is 2. The van der Waals surface area contributed by atoms with Crippen molar-refractivity contribution in [1.29, 1.82) is 0 Å². The van der Waals surface area contributed by atoms with Gasteiger partial charge in [0, 0.05) is 11.8 Å². The van der Waals surface area contributed by atoms with Crippen LogP contribution in [0.4, 0.5) is 5.69 Å². The monoisotopic (exact) mass is 377 g/mol. The number of nitrogens with two attached hydrogens (primary N) is 1. The molecule has 0 aromatic heterocycles. The van der Waals surface area contributed by atoms with E-state index in [1.165, 1.54) is 0 Å². The molecule has 0 saturated heterocycles. The van der Waals surface area contributed by atoms with Gasteiger partial charge in [0.05, 0.1) is 18.1 Å². The van der Waals surface area contributed by atoms with Crippen LogP contribution in [-0.2, 0) is 0 Å². The van der Waals surface area contributed by atoms with Gasteiger partial charge in [-0.15, -0.1) is 0 Å². The van der Waals surface area contributed by atoms with Gasteiger partial charge in [0.25, 0.3) is 0 Å². The highest BCUT2D eigenvalue weighted by Crippen LogP contribution is 2.24. The molecule has 23 heavy (non-hydrogen) atoms. The Labute approximate surface area is 144 Å². The zero-order valence-corrected chi connectivity index (χ0v) is 14.7. The van der Waals surface area contributed by atoms with Crippen LogP contribution < -0.4 is 20.5 Å². The lowest BCUT2D eigenvalue weighted by atomic mass is 10.3. The van der Waals surface area contributed by atoms with Crippen molar-refractivity contribution in [3.05, 3.63) is 53.0 Å². The first-order chi connectivity index (χ1) is 11.1. The van der Waals surface area contributed by atoms with E-state index in [1.54, 1.807) is 7.11 Å². The molecule has 0 amide bonds. The maximum Gasteiger partial charge on any atom is 0.193 e. The Morgan fingerprint density at radius 1 is 1.26 bits per heavy atom. The van der Waals surface area contributed by atoms with Gasteiger partial charge in [-0.3, -0.25) is 0 Å². The van der Waals surface area contributed by atoms with Gasteiger partial charge in [-0.1, -0.05) is 18.2 Å². The van der Waals surface area contributed by atoms with E-state index in [-0.39, 0.29) is 6.10 Å². The van der Waals surface area contributed by atoms with Crippen LogP contribution in [0.5, 0.6) is 11.5 Å². The summed E-state index contributed by atoms with van der Waals surface area (Å²) in [6.07, 6.45) is -0.0978. The largest absolute Gasteiger partial charge is 0.497 e. The summed E-state index contributed by atoms with van der Waals surface area (Å²) in [5.41, 5.74) is 6.73. The molecule has 0 spiro atoms. The second kappa shape index (κ2) is 8.43. The molecule has 122 valence electrons. The topological polar surface area (TPSA) is 68.9 Å². The van der Waals surface area contributed by atoms with E-state index in [0.717, 1.165) is 21.7 Å². The first-order valence-corrected chi connectivity index (χ1v) is 8.00. The predicted octanol–water partition coefficient (Wildman–Crippen LogP) is 3.65. The normalized spacial score (nSPS) is 12.6. The summed E-state index contributed by atoms with van der Waals surface area (Å²) >= 11 is 3.45. The lowest BCUT2D eigenvalue weighted by Gasteiger charge is -2.14. The second-order valence-corrected chi connectivity index (χ2v) is 5.80. The van der Waals surface area contributed by atoms with Crippen LogP contribution in [0.1, 0.15) is 6.92 Å². The Morgan fingerprint density at radius 3 is 2.78 bits per heavy atom. The number of aliphatic imine (C=N–C) groups is 1. The molecule has 2 rings (SSSR count).